The Labute approximate surface area is 186 Å². The van der Waals surface area contributed by atoms with Crippen LogP contribution in [0.25, 0.3) is 11.3 Å². The lowest BCUT2D eigenvalue weighted by Crippen LogP contribution is -2.39. The first-order valence-electron chi connectivity index (χ1n) is 10.8. The average Bonchev–Trinajstić information content (AvgIpc) is 3.25. The highest BCUT2D eigenvalue weighted by molar-refractivity contribution is 5.94. The topological polar surface area (TPSA) is 64.4 Å². The van der Waals surface area contributed by atoms with Crippen molar-refractivity contribution in [3.05, 3.63) is 77.2 Å². The third-order valence-corrected chi connectivity index (χ3v) is 5.72. The van der Waals surface area contributed by atoms with Gasteiger partial charge in [0.15, 0.2) is 5.69 Å². The Morgan fingerprint density at radius 3 is 2.47 bits per heavy atom. The molecule has 0 bridgehead atoms. The number of carbonyl (C=O) groups excluding carboxylic acids is 2. The monoisotopic (exact) mass is 435 g/mol. The fourth-order valence-electron chi connectivity index (χ4n) is 4.09. The summed E-state index contributed by atoms with van der Waals surface area (Å²) < 4.78 is 20.4. The molecular formula is C25H26FN3O3. The molecule has 0 saturated carbocycles. The first kappa shape index (κ1) is 21.7. The van der Waals surface area contributed by atoms with Gasteiger partial charge in [0, 0.05) is 24.2 Å². The van der Waals surface area contributed by atoms with Crippen LogP contribution in [0.15, 0.2) is 54.6 Å². The van der Waals surface area contributed by atoms with Crippen molar-refractivity contribution < 1.29 is 18.7 Å². The van der Waals surface area contributed by atoms with E-state index in [4.69, 9.17) is 4.74 Å². The number of carbonyl (C=O) groups is 2. The number of esters is 1. The van der Waals surface area contributed by atoms with Gasteiger partial charge in [-0.2, -0.15) is 5.10 Å². The Balaban J connectivity index is 1.56. The molecule has 1 aromatic heterocycles. The summed E-state index contributed by atoms with van der Waals surface area (Å²) in [7, 11) is 0. The number of piperidine rings is 1. The van der Waals surface area contributed by atoms with E-state index in [1.165, 1.54) is 12.1 Å². The number of amides is 1. The second kappa shape index (κ2) is 9.34. The first-order valence-corrected chi connectivity index (χ1v) is 10.8. The van der Waals surface area contributed by atoms with Crippen LogP contribution in [0.2, 0.25) is 0 Å². The van der Waals surface area contributed by atoms with Crippen molar-refractivity contribution in [2.24, 2.45) is 0 Å². The molecule has 4 rings (SSSR count). The molecule has 1 saturated heterocycles. The molecule has 0 spiro atoms. The van der Waals surface area contributed by atoms with E-state index in [1.54, 1.807) is 25.1 Å². The number of aryl methyl sites for hydroxylation is 1. The van der Waals surface area contributed by atoms with E-state index in [9.17, 15) is 14.0 Å². The number of likely N-dealkylation sites (tertiary alicyclic amines) is 1. The quantitative estimate of drug-likeness (QED) is 0.547. The van der Waals surface area contributed by atoms with Crippen molar-refractivity contribution in [2.45, 2.75) is 32.7 Å². The fraction of sp³-hybridized carbons (Fsp3) is 0.320. The van der Waals surface area contributed by atoms with Crippen molar-refractivity contribution in [3.63, 3.8) is 0 Å². The molecule has 7 heteroatoms. The van der Waals surface area contributed by atoms with E-state index in [0.717, 1.165) is 16.8 Å². The summed E-state index contributed by atoms with van der Waals surface area (Å²) >= 11 is 0. The zero-order valence-corrected chi connectivity index (χ0v) is 18.3. The number of aromatic nitrogens is 2. The molecule has 1 aliphatic rings. The predicted octanol–water partition coefficient (Wildman–Crippen LogP) is 4.65. The molecule has 0 aliphatic carbocycles. The second-order valence-corrected chi connectivity index (χ2v) is 7.98. The summed E-state index contributed by atoms with van der Waals surface area (Å²) in [6.07, 6.45) is 1.41. The number of ether oxygens (including phenoxy) is 1. The zero-order valence-electron chi connectivity index (χ0n) is 18.3. The number of halogens is 1. The van der Waals surface area contributed by atoms with Gasteiger partial charge in [-0.25, -0.2) is 9.18 Å². The minimum absolute atomic E-state index is 0.0137. The molecule has 1 fully saturated rings. The predicted molar refractivity (Wildman–Crippen MR) is 119 cm³/mol. The molecule has 32 heavy (non-hydrogen) atoms. The molecule has 1 aliphatic heterocycles. The van der Waals surface area contributed by atoms with E-state index in [2.05, 4.69) is 5.10 Å². The molecule has 0 radical (unpaired) electrons. The molecular weight excluding hydrogens is 409 g/mol. The Hall–Kier alpha value is -3.48. The molecule has 0 N–H and O–H groups in total. The lowest BCUT2D eigenvalue weighted by Gasteiger charge is -2.33. The van der Waals surface area contributed by atoms with E-state index in [-0.39, 0.29) is 30.1 Å². The summed E-state index contributed by atoms with van der Waals surface area (Å²) in [5, 5.41) is 4.54. The van der Waals surface area contributed by atoms with Crippen LogP contribution in [0.1, 0.15) is 52.2 Å². The lowest BCUT2D eigenvalue weighted by atomic mass is 10.0. The first-order chi connectivity index (χ1) is 15.5. The van der Waals surface area contributed by atoms with Crippen LogP contribution in [0.3, 0.4) is 0 Å². The number of hydrogen-bond acceptors (Lipinski definition) is 4. The highest BCUT2D eigenvalue weighted by Gasteiger charge is 2.28. The van der Waals surface area contributed by atoms with Gasteiger partial charge in [-0.3, -0.25) is 9.48 Å². The Morgan fingerprint density at radius 1 is 1.09 bits per heavy atom. The van der Waals surface area contributed by atoms with Gasteiger partial charge < -0.3 is 9.64 Å². The maximum atomic E-state index is 13.4. The molecule has 3 aromatic rings. The number of rotatable bonds is 5. The fourth-order valence-corrected chi connectivity index (χ4v) is 4.09. The maximum Gasteiger partial charge on any atom is 0.358 e. The minimum Gasteiger partial charge on any atom is -0.461 e. The van der Waals surface area contributed by atoms with Crippen molar-refractivity contribution in [3.8, 4) is 11.3 Å². The van der Waals surface area contributed by atoms with Crippen LogP contribution < -0.4 is 0 Å². The van der Waals surface area contributed by atoms with Crippen LogP contribution in [0.5, 0.6) is 0 Å². The summed E-state index contributed by atoms with van der Waals surface area (Å²) in [6.45, 7) is 5.16. The van der Waals surface area contributed by atoms with Gasteiger partial charge in [0.1, 0.15) is 5.82 Å². The molecule has 166 valence electrons. The lowest BCUT2D eigenvalue weighted by molar-refractivity contribution is 0.0517. The summed E-state index contributed by atoms with van der Waals surface area (Å²) in [6, 6.07) is 15.4. The SMILES string of the molecule is CCOC(=O)c1cc(-c2ccc(F)cc2)n(C2CCN(C(=O)c3cccc(C)c3)CC2)n1. The highest BCUT2D eigenvalue weighted by Crippen LogP contribution is 2.30. The van der Waals surface area contributed by atoms with E-state index >= 15 is 0 Å². The maximum absolute atomic E-state index is 13.4. The van der Waals surface area contributed by atoms with Gasteiger partial charge in [-0.05, 0) is 69.2 Å². The highest BCUT2D eigenvalue weighted by atomic mass is 19.1. The third-order valence-electron chi connectivity index (χ3n) is 5.72. The summed E-state index contributed by atoms with van der Waals surface area (Å²) in [5.41, 5.74) is 3.48. The minimum atomic E-state index is -0.485. The van der Waals surface area contributed by atoms with Gasteiger partial charge in [-0.15, -0.1) is 0 Å². The van der Waals surface area contributed by atoms with E-state index < -0.39 is 5.97 Å². The van der Waals surface area contributed by atoms with Gasteiger partial charge in [0.05, 0.1) is 18.3 Å². The molecule has 2 aromatic carbocycles. The molecule has 0 atom stereocenters. The summed E-state index contributed by atoms with van der Waals surface area (Å²) in [5.74, 6) is -0.784. The van der Waals surface area contributed by atoms with Crippen LogP contribution in [0.4, 0.5) is 4.39 Å². The van der Waals surface area contributed by atoms with Crippen LogP contribution in [-0.4, -0.2) is 46.3 Å². The van der Waals surface area contributed by atoms with Crippen molar-refractivity contribution in [1.82, 2.24) is 14.7 Å². The van der Waals surface area contributed by atoms with Crippen LogP contribution in [0, 0.1) is 12.7 Å². The van der Waals surface area contributed by atoms with Crippen LogP contribution >= 0.6 is 0 Å². The standard InChI is InChI=1S/C25H26FN3O3/c1-3-32-25(31)22-16-23(18-7-9-20(26)10-8-18)29(27-22)21-11-13-28(14-12-21)24(30)19-6-4-5-17(2)15-19/h4-10,15-16,21H,3,11-14H2,1-2H3. The Morgan fingerprint density at radius 2 is 1.81 bits per heavy atom. The van der Waals surface area contributed by atoms with Gasteiger partial charge in [0.25, 0.3) is 5.91 Å². The Bertz CT molecular complexity index is 1120. The molecule has 6 nitrogen and oxygen atoms in total. The largest absolute Gasteiger partial charge is 0.461 e. The van der Waals surface area contributed by atoms with Crippen molar-refractivity contribution >= 4 is 11.9 Å². The number of hydrogen-bond donors (Lipinski definition) is 0. The number of benzene rings is 2. The smallest absolute Gasteiger partial charge is 0.358 e. The Kier molecular flexibility index (Phi) is 6.35. The average molecular weight is 435 g/mol. The van der Waals surface area contributed by atoms with E-state index in [0.29, 0.717) is 31.5 Å². The van der Waals surface area contributed by atoms with Gasteiger partial charge >= 0.3 is 5.97 Å². The van der Waals surface area contributed by atoms with E-state index in [1.807, 2.05) is 40.8 Å². The molecule has 0 unspecified atom stereocenters. The van der Waals surface area contributed by atoms with Crippen molar-refractivity contribution in [2.75, 3.05) is 19.7 Å². The summed E-state index contributed by atoms with van der Waals surface area (Å²) in [4.78, 5) is 27.0. The number of nitrogens with zero attached hydrogens (tertiary/aromatic N) is 3. The normalized spacial score (nSPS) is 14.4. The van der Waals surface area contributed by atoms with Gasteiger partial charge in [-0.1, -0.05) is 17.7 Å². The van der Waals surface area contributed by atoms with Gasteiger partial charge in [0.2, 0.25) is 0 Å². The molecule has 1 amide bonds. The third kappa shape index (κ3) is 4.56. The van der Waals surface area contributed by atoms with Crippen LogP contribution in [-0.2, 0) is 4.74 Å². The second-order valence-electron chi connectivity index (χ2n) is 7.98. The van der Waals surface area contributed by atoms with Crippen molar-refractivity contribution in [1.29, 1.82) is 0 Å². The zero-order chi connectivity index (χ0) is 22.7. The molecule has 2 heterocycles.